The minimum atomic E-state index is -0.439. The lowest BCUT2D eigenvalue weighted by Crippen LogP contribution is -2.54. The van der Waals surface area contributed by atoms with Gasteiger partial charge in [0.2, 0.25) is 0 Å². The first-order chi connectivity index (χ1) is 8.20. The molecule has 0 aliphatic carbocycles. The van der Waals surface area contributed by atoms with Gasteiger partial charge in [0.15, 0.2) is 0 Å². The summed E-state index contributed by atoms with van der Waals surface area (Å²) in [6.45, 7) is 4.61. The van der Waals surface area contributed by atoms with Crippen LogP contribution in [0, 0.1) is 0 Å². The summed E-state index contributed by atoms with van der Waals surface area (Å²) in [5, 5.41) is 3.39. The summed E-state index contributed by atoms with van der Waals surface area (Å²) >= 11 is 0. The molecule has 0 aromatic carbocycles. The molecule has 1 aliphatic rings. The summed E-state index contributed by atoms with van der Waals surface area (Å²) in [6.07, 6.45) is 1.45. The third-order valence-corrected chi connectivity index (χ3v) is 2.64. The van der Waals surface area contributed by atoms with Crippen LogP contribution in [0.4, 0.5) is 0 Å². The van der Waals surface area contributed by atoms with E-state index in [0.29, 0.717) is 39.1 Å². The molecule has 17 heavy (non-hydrogen) atoms. The van der Waals surface area contributed by atoms with E-state index in [4.69, 9.17) is 5.53 Å². The lowest BCUT2D eigenvalue weighted by Gasteiger charge is -2.33. The minimum Gasteiger partial charge on any atom is -0.333 e. The van der Waals surface area contributed by atoms with Crippen molar-refractivity contribution >= 4 is 11.8 Å². The summed E-state index contributed by atoms with van der Waals surface area (Å²) in [6, 6.07) is 0. The Kier molecular flexibility index (Phi) is 5.29. The van der Waals surface area contributed by atoms with Gasteiger partial charge in [0.1, 0.15) is 0 Å². The quantitative estimate of drug-likeness (QED) is 0.225. The molecule has 94 valence electrons. The second-order valence-electron chi connectivity index (χ2n) is 3.89. The highest BCUT2D eigenvalue weighted by Crippen LogP contribution is 2.06. The summed E-state index contributed by atoms with van der Waals surface area (Å²) in [5.41, 5.74) is 8.11. The zero-order valence-electron chi connectivity index (χ0n) is 10.0. The van der Waals surface area contributed by atoms with Gasteiger partial charge in [-0.25, -0.2) is 0 Å². The number of hydrogen-bond acceptors (Lipinski definition) is 3. The molecule has 1 saturated heterocycles. The molecule has 0 bridgehead atoms. The van der Waals surface area contributed by atoms with Crippen LogP contribution >= 0.6 is 0 Å². The van der Waals surface area contributed by atoms with Crippen LogP contribution in [0.2, 0.25) is 0 Å². The van der Waals surface area contributed by atoms with E-state index in [2.05, 4.69) is 10.0 Å². The Hall–Kier alpha value is -1.75. The van der Waals surface area contributed by atoms with Gasteiger partial charge in [-0.2, -0.15) is 0 Å². The van der Waals surface area contributed by atoms with Gasteiger partial charge in [-0.3, -0.25) is 9.59 Å². The molecule has 0 atom stereocenters. The van der Waals surface area contributed by atoms with Gasteiger partial charge < -0.3 is 9.80 Å². The SMILES string of the molecule is CCCN1CCN(CCCN=[N+]=[N-])C(=O)C1=O. The van der Waals surface area contributed by atoms with Crippen LogP contribution in [-0.2, 0) is 9.59 Å². The van der Waals surface area contributed by atoms with Crippen molar-refractivity contribution in [3.05, 3.63) is 10.4 Å². The van der Waals surface area contributed by atoms with Crippen molar-refractivity contribution in [2.45, 2.75) is 19.8 Å². The highest BCUT2D eigenvalue weighted by molar-refractivity contribution is 6.35. The topological polar surface area (TPSA) is 89.4 Å². The van der Waals surface area contributed by atoms with Crippen molar-refractivity contribution in [1.29, 1.82) is 0 Å². The normalized spacial score (nSPS) is 16.1. The first-order valence-electron chi connectivity index (χ1n) is 5.79. The second-order valence-corrected chi connectivity index (χ2v) is 3.89. The molecule has 7 heteroatoms. The average Bonchev–Trinajstić information content (AvgIpc) is 2.33. The summed E-state index contributed by atoms with van der Waals surface area (Å²) in [4.78, 5) is 29.1. The minimum absolute atomic E-state index is 0.354. The van der Waals surface area contributed by atoms with E-state index in [0.717, 1.165) is 6.42 Å². The van der Waals surface area contributed by atoms with Crippen LogP contribution in [0.15, 0.2) is 5.11 Å². The Morgan fingerprint density at radius 3 is 2.35 bits per heavy atom. The number of azide groups is 1. The molecule has 0 spiro atoms. The number of rotatable bonds is 6. The molecule has 0 radical (unpaired) electrons. The van der Waals surface area contributed by atoms with Crippen LogP contribution in [0.3, 0.4) is 0 Å². The lowest BCUT2D eigenvalue weighted by atomic mass is 10.2. The number of carbonyl (C=O) groups is 2. The van der Waals surface area contributed by atoms with Crippen LogP contribution in [-0.4, -0.2) is 54.3 Å². The number of nitrogens with zero attached hydrogens (tertiary/aromatic N) is 5. The molecule has 0 unspecified atom stereocenters. The van der Waals surface area contributed by atoms with Gasteiger partial charge >= 0.3 is 11.8 Å². The largest absolute Gasteiger partial charge is 0.333 e. The van der Waals surface area contributed by atoms with E-state index in [1.807, 2.05) is 6.92 Å². The van der Waals surface area contributed by atoms with E-state index in [9.17, 15) is 9.59 Å². The van der Waals surface area contributed by atoms with E-state index in [1.54, 1.807) is 4.90 Å². The molecular formula is C10H17N5O2. The highest BCUT2D eigenvalue weighted by atomic mass is 16.2. The monoisotopic (exact) mass is 239 g/mol. The van der Waals surface area contributed by atoms with Gasteiger partial charge in [-0.05, 0) is 18.4 Å². The Morgan fingerprint density at radius 1 is 1.24 bits per heavy atom. The van der Waals surface area contributed by atoms with Crippen molar-refractivity contribution in [3.8, 4) is 0 Å². The predicted octanol–water partition coefficient (Wildman–Crippen LogP) is 0.768. The maximum atomic E-state index is 11.7. The zero-order valence-corrected chi connectivity index (χ0v) is 10.0. The van der Waals surface area contributed by atoms with Crippen molar-refractivity contribution < 1.29 is 9.59 Å². The average molecular weight is 239 g/mol. The molecule has 2 amide bonds. The molecule has 1 heterocycles. The number of amides is 2. The van der Waals surface area contributed by atoms with Crippen LogP contribution in [0.5, 0.6) is 0 Å². The molecule has 0 aromatic heterocycles. The molecule has 0 N–H and O–H groups in total. The standard InChI is InChI=1S/C10H17N5O2/c1-2-5-14-7-8-15(10(17)9(14)16)6-3-4-12-13-11/h2-8H2,1H3. The Labute approximate surface area is 100.0 Å². The van der Waals surface area contributed by atoms with Crippen molar-refractivity contribution in [3.63, 3.8) is 0 Å². The molecule has 0 saturated carbocycles. The summed E-state index contributed by atoms with van der Waals surface area (Å²) < 4.78 is 0. The van der Waals surface area contributed by atoms with E-state index in [1.165, 1.54) is 4.90 Å². The lowest BCUT2D eigenvalue weighted by molar-refractivity contribution is -0.156. The predicted molar refractivity (Wildman–Crippen MR) is 62.1 cm³/mol. The van der Waals surface area contributed by atoms with Crippen molar-refractivity contribution in [1.82, 2.24) is 9.80 Å². The van der Waals surface area contributed by atoms with E-state index in [-0.39, 0.29) is 0 Å². The maximum absolute atomic E-state index is 11.7. The van der Waals surface area contributed by atoms with Gasteiger partial charge in [0.05, 0.1) is 0 Å². The number of piperazine rings is 1. The number of hydrogen-bond donors (Lipinski definition) is 0. The highest BCUT2D eigenvalue weighted by Gasteiger charge is 2.31. The molecular weight excluding hydrogens is 222 g/mol. The Morgan fingerprint density at radius 2 is 1.82 bits per heavy atom. The fourth-order valence-electron chi connectivity index (χ4n) is 1.79. The smallest absolute Gasteiger partial charge is 0.312 e. The summed E-state index contributed by atoms with van der Waals surface area (Å²) in [5.74, 6) is -0.854. The molecule has 1 fully saturated rings. The van der Waals surface area contributed by atoms with Crippen LogP contribution in [0.1, 0.15) is 19.8 Å². The third-order valence-electron chi connectivity index (χ3n) is 2.64. The zero-order chi connectivity index (χ0) is 12.7. The van der Waals surface area contributed by atoms with E-state index < -0.39 is 11.8 Å². The van der Waals surface area contributed by atoms with Crippen molar-refractivity contribution in [2.75, 3.05) is 32.7 Å². The van der Waals surface area contributed by atoms with Crippen LogP contribution < -0.4 is 0 Å². The molecule has 0 aromatic rings. The first-order valence-corrected chi connectivity index (χ1v) is 5.79. The van der Waals surface area contributed by atoms with Gasteiger partial charge in [0, 0.05) is 37.6 Å². The van der Waals surface area contributed by atoms with Gasteiger partial charge in [-0.1, -0.05) is 12.0 Å². The molecule has 7 nitrogen and oxygen atoms in total. The van der Waals surface area contributed by atoms with Crippen molar-refractivity contribution in [2.24, 2.45) is 5.11 Å². The van der Waals surface area contributed by atoms with Gasteiger partial charge in [-0.15, -0.1) is 0 Å². The van der Waals surface area contributed by atoms with Gasteiger partial charge in [0.25, 0.3) is 0 Å². The fraction of sp³-hybridized carbons (Fsp3) is 0.800. The first kappa shape index (κ1) is 13.3. The second kappa shape index (κ2) is 6.75. The van der Waals surface area contributed by atoms with Crippen LogP contribution in [0.25, 0.3) is 10.4 Å². The Balaban J connectivity index is 2.42. The molecule has 1 rings (SSSR count). The Bertz CT molecular complexity index is 338. The fourth-order valence-corrected chi connectivity index (χ4v) is 1.79. The maximum Gasteiger partial charge on any atom is 0.312 e. The summed E-state index contributed by atoms with van der Waals surface area (Å²) in [7, 11) is 0. The number of carbonyl (C=O) groups excluding carboxylic acids is 2. The molecule has 1 aliphatic heterocycles. The third kappa shape index (κ3) is 3.64. The van der Waals surface area contributed by atoms with E-state index >= 15 is 0 Å².